The molecule has 0 amide bonds. The summed E-state index contributed by atoms with van der Waals surface area (Å²) in [6.07, 6.45) is 0.0383. The molecule has 0 aromatic carbocycles. The van der Waals surface area contributed by atoms with Crippen LogP contribution in [0.4, 0.5) is 11.5 Å². The van der Waals surface area contributed by atoms with Gasteiger partial charge >= 0.3 is 0 Å². The van der Waals surface area contributed by atoms with Crippen molar-refractivity contribution < 1.29 is 9.84 Å². The average molecular weight is 239 g/mol. The highest BCUT2D eigenvalue weighted by Crippen LogP contribution is 2.21. The third-order valence-corrected chi connectivity index (χ3v) is 2.18. The summed E-state index contributed by atoms with van der Waals surface area (Å²) in [5.74, 6) is 1.33. The van der Waals surface area contributed by atoms with E-state index in [-0.39, 0.29) is 18.6 Å². The van der Waals surface area contributed by atoms with Gasteiger partial charge in [0.05, 0.1) is 11.8 Å². The zero-order valence-corrected chi connectivity index (χ0v) is 10.6. The molecule has 0 radical (unpaired) electrons. The Bertz CT molecular complexity index is 356. The van der Waals surface area contributed by atoms with Gasteiger partial charge in [0, 0.05) is 13.2 Å². The second-order valence-electron chi connectivity index (χ2n) is 4.43. The Balaban J connectivity index is 2.67. The van der Waals surface area contributed by atoms with Gasteiger partial charge in [-0.05, 0) is 31.9 Å². The fourth-order valence-corrected chi connectivity index (χ4v) is 1.21. The van der Waals surface area contributed by atoms with E-state index >= 15 is 0 Å². The lowest BCUT2D eigenvalue weighted by Gasteiger charge is -2.14. The topological polar surface area (TPSA) is 80.4 Å². The van der Waals surface area contributed by atoms with Gasteiger partial charge in [-0.25, -0.2) is 0 Å². The molecule has 0 aliphatic heterocycles. The van der Waals surface area contributed by atoms with Crippen LogP contribution < -0.4 is 15.8 Å². The molecule has 0 saturated heterocycles. The number of pyridine rings is 1. The molecule has 1 atom stereocenters. The van der Waals surface area contributed by atoms with Gasteiger partial charge in [0.2, 0.25) is 5.88 Å². The number of nitrogens with one attached hydrogen (secondary N) is 1. The zero-order chi connectivity index (χ0) is 12.8. The largest absolute Gasteiger partial charge is 0.473 e. The number of aliphatic hydroxyl groups excluding tert-OH is 1. The van der Waals surface area contributed by atoms with Gasteiger partial charge in [-0.15, -0.1) is 0 Å². The number of ether oxygens (including phenoxy) is 1. The predicted octanol–water partition coefficient (Wildman–Crippen LogP) is 1.49. The van der Waals surface area contributed by atoms with Crippen LogP contribution in [0.3, 0.4) is 0 Å². The van der Waals surface area contributed by atoms with E-state index in [9.17, 15) is 0 Å². The van der Waals surface area contributed by atoms with Crippen LogP contribution in [-0.4, -0.2) is 29.3 Å². The van der Waals surface area contributed by atoms with Gasteiger partial charge < -0.3 is 20.9 Å². The van der Waals surface area contributed by atoms with Crippen LogP contribution in [0, 0.1) is 5.92 Å². The van der Waals surface area contributed by atoms with Crippen molar-refractivity contribution in [3.63, 3.8) is 0 Å². The molecule has 0 spiro atoms. The fourth-order valence-electron chi connectivity index (χ4n) is 1.21. The first kappa shape index (κ1) is 13.6. The Labute approximate surface area is 102 Å². The van der Waals surface area contributed by atoms with Crippen molar-refractivity contribution in [2.75, 3.05) is 24.2 Å². The van der Waals surface area contributed by atoms with E-state index in [0.717, 1.165) is 0 Å². The second-order valence-corrected chi connectivity index (χ2v) is 4.43. The first-order valence-corrected chi connectivity index (χ1v) is 5.80. The highest BCUT2D eigenvalue weighted by atomic mass is 16.5. The normalized spacial score (nSPS) is 12.5. The monoisotopic (exact) mass is 239 g/mol. The number of rotatable bonds is 6. The minimum absolute atomic E-state index is 0.0383. The Morgan fingerprint density at radius 3 is 2.71 bits per heavy atom. The zero-order valence-electron chi connectivity index (χ0n) is 10.6. The van der Waals surface area contributed by atoms with Crippen molar-refractivity contribution >= 4 is 11.5 Å². The lowest BCUT2D eigenvalue weighted by Crippen LogP contribution is -2.16. The molecule has 17 heavy (non-hydrogen) atoms. The number of nitrogens with zero attached hydrogens (tertiary/aromatic N) is 1. The maximum Gasteiger partial charge on any atom is 0.239 e. The molecule has 0 aliphatic rings. The highest BCUT2D eigenvalue weighted by Gasteiger charge is 2.07. The number of nitrogens with two attached hydrogens (primary N) is 1. The summed E-state index contributed by atoms with van der Waals surface area (Å²) in [5.41, 5.74) is 6.29. The van der Waals surface area contributed by atoms with Crippen LogP contribution in [0.25, 0.3) is 0 Å². The van der Waals surface area contributed by atoms with E-state index in [1.165, 1.54) is 0 Å². The molecule has 1 aromatic heterocycles. The molecule has 5 heteroatoms. The molecule has 1 rings (SSSR count). The van der Waals surface area contributed by atoms with Crippen LogP contribution >= 0.6 is 0 Å². The summed E-state index contributed by atoms with van der Waals surface area (Å²) in [5, 5.41) is 12.1. The summed E-state index contributed by atoms with van der Waals surface area (Å²) >= 11 is 0. The van der Waals surface area contributed by atoms with Crippen molar-refractivity contribution in [3.05, 3.63) is 12.1 Å². The number of hydrogen-bond donors (Lipinski definition) is 3. The van der Waals surface area contributed by atoms with Crippen LogP contribution in [0.1, 0.15) is 20.8 Å². The molecular weight excluding hydrogens is 218 g/mol. The van der Waals surface area contributed by atoms with Crippen LogP contribution in [-0.2, 0) is 0 Å². The van der Waals surface area contributed by atoms with Crippen LogP contribution in [0.5, 0.6) is 5.88 Å². The van der Waals surface area contributed by atoms with E-state index < -0.39 is 0 Å². The molecular formula is C12H21N3O2. The van der Waals surface area contributed by atoms with E-state index in [1.54, 1.807) is 12.1 Å². The highest BCUT2D eigenvalue weighted by molar-refractivity contribution is 5.53. The molecule has 0 aliphatic carbocycles. The molecule has 0 saturated carbocycles. The van der Waals surface area contributed by atoms with Gasteiger partial charge in [0.15, 0.2) is 0 Å². The third kappa shape index (κ3) is 4.48. The summed E-state index contributed by atoms with van der Waals surface area (Å²) < 4.78 is 5.49. The van der Waals surface area contributed by atoms with Crippen molar-refractivity contribution in [1.82, 2.24) is 4.98 Å². The predicted molar refractivity (Wildman–Crippen MR) is 69.2 cm³/mol. The summed E-state index contributed by atoms with van der Waals surface area (Å²) in [4.78, 5) is 4.28. The van der Waals surface area contributed by atoms with E-state index in [1.807, 2.05) is 20.8 Å². The van der Waals surface area contributed by atoms with Crippen molar-refractivity contribution in [1.29, 1.82) is 0 Å². The van der Waals surface area contributed by atoms with E-state index in [0.29, 0.717) is 23.9 Å². The Hall–Kier alpha value is -1.49. The number of aromatic nitrogens is 1. The molecule has 1 heterocycles. The Morgan fingerprint density at radius 1 is 1.41 bits per heavy atom. The van der Waals surface area contributed by atoms with Crippen molar-refractivity contribution in [2.45, 2.75) is 26.9 Å². The molecule has 4 N–H and O–H groups in total. The van der Waals surface area contributed by atoms with Gasteiger partial charge in [0.25, 0.3) is 0 Å². The summed E-state index contributed by atoms with van der Waals surface area (Å²) in [7, 11) is 0. The van der Waals surface area contributed by atoms with Gasteiger partial charge in [-0.2, -0.15) is 4.98 Å². The van der Waals surface area contributed by atoms with Gasteiger partial charge in [-0.1, -0.05) is 6.92 Å². The fraction of sp³-hybridized carbons (Fsp3) is 0.583. The molecule has 1 unspecified atom stereocenters. The minimum atomic E-state index is 0.0383. The first-order chi connectivity index (χ1) is 8.02. The Morgan fingerprint density at radius 2 is 2.12 bits per heavy atom. The molecule has 1 aromatic rings. The van der Waals surface area contributed by atoms with Crippen molar-refractivity contribution in [3.8, 4) is 5.88 Å². The first-order valence-electron chi connectivity index (χ1n) is 5.80. The quantitative estimate of drug-likeness (QED) is 0.701. The lowest BCUT2D eigenvalue weighted by molar-refractivity contribution is 0.234. The van der Waals surface area contributed by atoms with Gasteiger partial charge in [-0.3, -0.25) is 0 Å². The summed E-state index contributed by atoms with van der Waals surface area (Å²) in [6, 6.07) is 3.56. The van der Waals surface area contributed by atoms with Crippen molar-refractivity contribution in [2.24, 2.45) is 5.92 Å². The summed E-state index contributed by atoms with van der Waals surface area (Å²) in [6.45, 7) is 6.62. The standard InChI is InChI=1S/C12H21N3O2/c1-8(2)17-12-10(13)4-5-11(15-12)14-6-9(3)7-16/h4-5,8-9,16H,6-7,13H2,1-3H3,(H,14,15). The maximum absolute atomic E-state index is 8.93. The molecule has 0 fully saturated rings. The average Bonchev–Trinajstić information content (AvgIpc) is 2.29. The second kappa shape index (κ2) is 6.30. The molecule has 0 bridgehead atoms. The van der Waals surface area contributed by atoms with E-state index in [4.69, 9.17) is 15.6 Å². The number of hydrogen-bond acceptors (Lipinski definition) is 5. The molecule has 5 nitrogen and oxygen atoms in total. The number of anilines is 2. The third-order valence-electron chi connectivity index (χ3n) is 2.18. The van der Waals surface area contributed by atoms with Crippen LogP contribution in [0.2, 0.25) is 0 Å². The minimum Gasteiger partial charge on any atom is -0.473 e. The van der Waals surface area contributed by atoms with Gasteiger partial charge in [0.1, 0.15) is 5.82 Å². The number of aliphatic hydroxyl groups is 1. The lowest BCUT2D eigenvalue weighted by atomic mass is 10.2. The van der Waals surface area contributed by atoms with Crippen LogP contribution in [0.15, 0.2) is 12.1 Å². The molecule has 96 valence electrons. The smallest absolute Gasteiger partial charge is 0.239 e. The number of nitrogen functional groups attached to an aromatic ring is 1. The SMILES string of the molecule is CC(CO)CNc1ccc(N)c(OC(C)C)n1. The maximum atomic E-state index is 8.93. The Kier molecular flexibility index (Phi) is 5.03. The van der Waals surface area contributed by atoms with E-state index in [2.05, 4.69) is 10.3 Å².